The van der Waals surface area contributed by atoms with E-state index in [1.165, 1.54) is 22.7 Å². The topological polar surface area (TPSA) is 64.1 Å². The zero-order chi connectivity index (χ0) is 16.2. The van der Waals surface area contributed by atoms with Gasteiger partial charge in [-0.05, 0) is 48.5 Å². The molecule has 2 heterocycles. The summed E-state index contributed by atoms with van der Waals surface area (Å²) in [4.78, 5) is 13.0. The van der Waals surface area contributed by atoms with Crippen LogP contribution >= 0.6 is 11.5 Å². The van der Waals surface area contributed by atoms with Gasteiger partial charge in [0.15, 0.2) is 0 Å². The minimum Gasteiger partial charge on any atom is -0.493 e. The van der Waals surface area contributed by atoms with Crippen LogP contribution in [0.1, 0.15) is 46.8 Å². The summed E-state index contributed by atoms with van der Waals surface area (Å²) in [6.45, 7) is 4.86. The molecule has 0 saturated carbocycles. The van der Waals surface area contributed by atoms with Crippen molar-refractivity contribution in [2.75, 3.05) is 6.61 Å². The average Bonchev–Trinajstić information content (AvgIpc) is 3.15. The zero-order valence-electron chi connectivity index (χ0n) is 13.5. The molecule has 1 aliphatic heterocycles. The van der Waals surface area contributed by atoms with Crippen LogP contribution in [0.3, 0.4) is 0 Å². The van der Waals surface area contributed by atoms with E-state index in [1.807, 2.05) is 13.0 Å². The first-order chi connectivity index (χ1) is 11.2. The molecule has 0 saturated heterocycles. The van der Waals surface area contributed by atoms with Crippen molar-refractivity contribution in [1.29, 1.82) is 0 Å². The lowest BCUT2D eigenvalue weighted by atomic mass is 10.0. The van der Waals surface area contributed by atoms with E-state index in [-0.39, 0.29) is 11.9 Å². The third-order valence-electron chi connectivity index (χ3n) is 3.92. The normalized spacial score (nSPS) is 14.2. The monoisotopic (exact) mass is 331 g/mol. The molecule has 0 fully saturated rings. The highest BCUT2D eigenvalue weighted by Gasteiger charge is 2.18. The fourth-order valence-electron chi connectivity index (χ4n) is 2.84. The average molecular weight is 331 g/mol. The third-order valence-corrected chi connectivity index (χ3v) is 4.69. The smallest absolute Gasteiger partial charge is 0.265 e. The number of nitrogens with one attached hydrogen (secondary N) is 1. The van der Waals surface area contributed by atoms with Gasteiger partial charge in [0.1, 0.15) is 10.6 Å². The Morgan fingerprint density at radius 3 is 3.17 bits per heavy atom. The number of hydrogen-bond acceptors (Lipinski definition) is 5. The molecule has 1 aliphatic rings. The van der Waals surface area contributed by atoms with Crippen LogP contribution in [-0.2, 0) is 19.3 Å². The van der Waals surface area contributed by atoms with Gasteiger partial charge in [-0.25, -0.2) is 0 Å². The first kappa shape index (κ1) is 15.9. The minimum absolute atomic E-state index is 0.0550. The number of aromatic nitrogens is 2. The summed E-state index contributed by atoms with van der Waals surface area (Å²) in [6.07, 6.45) is 3.52. The second-order valence-electron chi connectivity index (χ2n) is 5.92. The Balaban J connectivity index is 1.61. The lowest BCUT2D eigenvalue weighted by molar-refractivity contribution is 0.0943. The number of ether oxygens (including phenoxy) is 1. The van der Waals surface area contributed by atoms with Crippen molar-refractivity contribution in [2.24, 2.45) is 0 Å². The van der Waals surface area contributed by atoms with Crippen LogP contribution in [0.15, 0.2) is 18.2 Å². The Morgan fingerprint density at radius 1 is 1.48 bits per heavy atom. The number of benzene rings is 1. The SMILES string of the molecule is CCCc1nnsc1C(=O)NC(C)Cc1ccc2c(c1)CCO2. The summed E-state index contributed by atoms with van der Waals surface area (Å²) in [5.41, 5.74) is 3.29. The van der Waals surface area contributed by atoms with E-state index in [2.05, 4.69) is 34.0 Å². The molecule has 0 bridgehead atoms. The molecule has 1 amide bonds. The van der Waals surface area contributed by atoms with Gasteiger partial charge >= 0.3 is 0 Å². The molecule has 1 aromatic heterocycles. The second-order valence-corrected chi connectivity index (χ2v) is 6.67. The molecule has 5 nitrogen and oxygen atoms in total. The first-order valence-electron chi connectivity index (χ1n) is 8.04. The van der Waals surface area contributed by atoms with E-state index in [0.717, 1.165) is 43.7 Å². The van der Waals surface area contributed by atoms with Crippen molar-refractivity contribution in [3.63, 3.8) is 0 Å². The summed E-state index contributed by atoms with van der Waals surface area (Å²) >= 11 is 1.17. The Labute approximate surface area is 140 Å². The zero-order valence-corrected chi connectivity index (χ0v) is 14.3. The summed E-state index contributed by atoms with van der Waals surface area (Å²) < 4.78 is 9.44. The molecular formula is C17H21N3O2S. The van der Waals surface area contributed by atoms with Gasteiger partial charge in [-0.3, -0.25) is 4.79 Å². The van der Waals surface area contributed by atoms with E-state index < -0.39 is 0 Å². The Bertz CT molecular complexity index is 699. The number of amides is 1. The van der Waals surface area contributed by atoms with Crippen LogP contribution in [0.2, 0.25) is 0 Å². The first-order valence-corrected chi connectivity index (χ1v) is 8.81. The maximum Gasteiger partial charge on any atom is 0.265 e. The number of hydrogen-bond donors (Lipinski definition) is 1. The molecule has 0 radical (unpaired) electrons. The van der Waals surface area contributed by atoms with Gasteiger partial charge in [-0.1, -0.05) is 30.0 Å². The van der Waals surface area contributed by atoms with E-state index in [9.17, 15) is 4.79 Å². The summed E-state index contributed by atoms with van der Waals surface area (Å²) in [5.74, 6) is 0.922. The molecule has 0 aliphatic carbocycles. The highest BCUT2D eigenvalue weighted by molar-refractivity contribution is 7.08. The molecule has 3 rings (SSSR count). The molecule has 1 aromatic carbocycles. The lowest BCUT2D eigenvalue weighted by Crippen LogP contribution is -2.34. The molecule has 122 valence electrons. The van der Waals surface area contributed by atoms with Crippen molar-refractivity contribution >= 4 is 17.4 Å². The second kappa shape index (κ2) is 7.08. The largest absolute Gasteiger partial charge is 0.493 e. The fraction of sp³-hybridized carbons (Fsp3) is 0.471. The number of aryl methyl sites for hydroxylation is 1. The number of nitrogens with zero attached hydrogens (tertiary/aromatic N) is 2. The predicted molar refractivity (Wildman–Crippen MR) is 90.2 cm³/mol. The molecule has 23 heavy (non-hydrogen) atoms. The summed E-state index contributed by atoms with van der Waals surface area (Å²) in [7, 11) is 0. The van der Waals surface area contributed by atoms with Crippen molar-refractivity contribution in [3.05, 3.63) is 39.9 Å². The standard InChI is InChI=1S/C17H21N3O2S/c1-3-4-14-16(23-20-19-14)17(21)18-11(2)9-12-5-6-15-13(10-12)7-8-22-15/h5-6,10-11H,3-4,7-9H2,1-2H3,(H,18,21). The van der Waals surface area contributed by atoms with Gasteiger partial charge in [0.05, 0.1) is 12.3 Å². The van der Waals surface area contributed by atoms with E-state index in [4.69, 9.17) is 4.74 Å². The van der Waals surface area contributed by atoms with Crippen LogP contribution in [0.25, 0.3) is 0 Å². The predicted octanol–water partition coefficient (Wildman–Crippen LogP) is 2.79. The van der Waals surface area contributed by atoms with Crippen molar-refractivity contribution < 1.29 is 9.53 Å². The van der Waals surface area contributed by atoms with E-state index in [0.29, 0.717) is 4.88 Å². The van der Waals surface area contributed by atoms with E-state index >= 15 is 0 Å². The van der Waals surface area contributed by atoms with Gasteiger partial charge in [0, 0.05) is 12.5 Å². The molecule has 1 unspecified atom stereocenters. The van der Waals surface area contributed by atoms with Gasteiger partial charge in [0.2, 0.25) is 0 Å². The summed E-state index contributed by atoms with van der Waals surface area (Å²) in [6, 6.07) is 6.34. The number of carbonyl (C=O) groups excluding carboxylic acids is 1. The number of rotatable bonds is 6. The molecule has 1 N–H and O–H groups in total. The van der Waals surface area contributed by atoms with Crippen LogP contribution in [0.4, 0.5) is 0 Å². The van der Waals surface area contributed by atoms with Crippen LogP contribution < -0.4 is 10.1 Å². The van der Waals surface area contributed by atoms with Gasteiger partial charge in [-0.2, -0.15) is 0 Å². The quantitative estimate of drug-likeness (QED) is 0.884. The molecular weight excluding hydrogens is 310 g/mol. The van der Waals surface area contributed by atoms with E-state index in [1.54, 1.807) is 0 Å². The lowest BCUT2D eigenvalue weighted by Gasteiger charge is -2.14. The highest BCUT2D eigenvalue weighted by Crippen LogP contribution is 2.26. The Morgan fingerprint density at radius 2 is 2.35 bits per heavy atom. The van der Waals surface area contributed by atoms with Crippen molar-refractivity contribution in [1.82, 2.24) is 14.9 Å². The fourth-order valence-corrected chi connectivity index (χ4v) is 3.45. The summed E-state index contributed by atoms with van der Waals surface area (Å²) in [5, 5.41) is 7.11. The molecule has 6 heteroatoms. The minimum atomic E-state index is -0.0690. The van der Waals surface area contributed by atoms with Crippen LogP contribution in [-0.4, -0.2) is 28.1 Å². The molecule has 1 atom stereocenters. The number of fused-ring (bicyclic) bond motifs is 1. The number of carbonyl (C=O) groups is 1. The van der Waals surface area contributed by atoms with Crippen molar-refractivity contribution in [2.45, 2.75) is 45.6 Å². The van der Waals surface area contributed by atoms with Crippen molar-refractivity contribution in [3.8, 4) is 5.75 Å². The highest BCUT2D eigenvalue weighted by atomic mass is 32.1. The Kier molecular flexibility index (Phi) is 4.91. The van der Waals surface area contributed by atoms with Crippen LogP contribution in [0.5, 0.6) is 5.75 Å². The molecule has 2 aromatic rings. The Hall–Kier alpha value is -1.95. The maximum absolute atomic E-state index is 12.4. The van der Waals surface area contributed by atoms with Gasteiger partial charge in [-0.15, -0.1) is 5.10 Å². The van der Waals surface area contributed by atoms with Gasteiger partial charge in [0.25, 0.3) is 5.91 Å². The maximum atomic E-state index is 12.4. The molecule has 0 spiro atoms. The van der Waals surface area contributed by atoms with Gasteiger partial charge < -0.3 is 10.1 Å². The van der Waals surface area contributed by atoms with Crippen LogP contribution in [0, 0.1) is 0 Å². The third kappa shape index (κ3) is 3.69.